The van der Waals surface area contributed by atoms with Crippen molar-refractivity contribution < 1.29 is 34.1 Å². The van der Waals surface area contributed by atoms with E-state index in [0.717, 1.165) is 21.6 Å². The number of rotatable bonds is 13. The zero-order valence-corrected chi connectivity index (χ0v) is 20.7. The van der Waals surface area contributed by atoms with Gasteiger partial charge in [0.25, 0.3) is 5.91 Å². The number of hydrogen-bond acceptors (Lipinski definition) is 9. The minimum Gasteiger partial charge on any atom is -0.480 e. The molecule has 0 saturated carbocycles. The molecule has 0 aliphatic rings. The minimum atomic E-state index is -2.28. The zero-order chi connectivity index (χ0) is 26.2. The fourth-order valence-electron chi connectivity index (χ4n) is 2.83. The highest BCUT2D eigenvalue weighted by molar-refractivity contribution is 8.76. The van der Waals surface area contributed by atoms with Crippen LogP contribution >= 0.6 is 21.6 Å². The molecule has 12 heteroatoms. The standard InChI is InChI=1S/C23H27N3O7S2/c1-22(2,20(30)23(25,21(31)32)13-35-34-12-17(24)19(28)29)33-16-10-8-15(9-11-16)26-18(27)14-6-4-3-5-7-14/h3-11,17H,12-13,24-25H2,1-2H3,(H,26,27)(H,28,29)(H,31,32). The number of ether oxygens (including phenoxy) is 1. The second kappa shape index (κ2) is 12.1. The molecule has 1 amide bonds. The molecule has 0 bridgehead atoms. The van der Waals surface area contributed by atoms with Gasteiger partial charge in [-0.25, -0.2) is 4.79 Å². The number of nitrogens with one attached hydrogen (secondary N) is 1. The number of nitrogens with two attached hydrogens (primary N) is 2. The fourth-order valence-corrected chi connectivity index (χ4v) is 5.27. The number of Topliss-reactive ketones (excluding diaryl/α,β-unsaturated/α-hetero) is 1. The molecule has 2 rings (SSSR count). The Balaban J connectivity index is 2.03. The first-order valence-corrected chi connectivity index (χ1v) is 12.8. The van der Waals surface area contributed by atoms with Gasteiger partial charge in [-0.15, -0.1) is 0 Å². The molecule has 0 fully saturated rings. The van der Waals surface area contributed by atoms with Crippen molar-refractivity contribution >= 4 is 50.9 Å². The van der Waals surface area contributed by atoms with Gasteiger partial charge in [0.05, 0.1) is 0 Å². The highest BCUT2D eigenvalue weighted by atomic mass is 33.1. The number of aliphatic carboxylic acids is 2. The topological polar surface area (TPSA) is 182 Å². The van der Waals surface area contributed by atoms with E-state index in [9.17, 15) is 24.3 Å². The van der Waals surface area contributed by atoms with Crippen molar-refractivity contribution in [3.8, 4) is 5.75 Å². The first-order valence-electron chi connectivity index (χ1n) is 10.3. The maximum atomic E-state index is 13.1. The van der Waals surface area contributed by atoms with Crippen LogP contribution in [0.4, 0.5) is 5.69 Å². The van der Waals surface area contributed by atoms with Crippen LogP contribution in [-0.2, 0) is 14.4 Å². The van der Waals surface area contributed by atoms with E-state index in [2.05, 4.69) is 5.32 Å². The van der Waals surface area contributed by atoms with E-state index >= 15 is 0 Å². The zero-order valence-electron chi connectivity index (χ0n) is 19.1. The maximum absolute atomic E-state index is 13.1. The molecule has 0 spiro atoms. The highest BCUT2D eigenvalue weighted by Crippen LogP contribution is 2.30. The Kier molecular flexibility index (Phi) is 9.72. The van der Waals surface area contributed by atoms with Crippen molar-refractivity contribution in [2.45, 2.75) is 31.0 Å². The van der Waals surface area contributed by atoms with Crippen LogP contribution in [0.1, 0.15) is 24.2 Å². The lowest BCUT2D eigenvalue weighted by Gasteiger charge is -2.33. The van der Waals surface area contributed by atoms with Gasteiger partial charge >= 0.3 is 11.9 Å². The van der Waals surface area contributed by atoms with Gasteiger partial charge in [-0.05, 0) is 50.2 Å². The number of anilines is 1. The average Bonchev–Trinajstić information content (AvgIpc) is 2.82. The summed E-state index contributed by atoms with van der Waals surface area (Å²) < 4.78 is 5.76. The largest absolute Gasteiger partial charge is 0.480 e. The Hall–Kier alpha value is -3.06. The first-order chi connectivity index (χ1) is 16.4. The van der Waals surface area contributed by atoms with Crippen LogP contribution in [0.5, 0.6) is 5.75 Å². The van der Waals surface area contributed by atoms with E-state index in [-0.39, 0.29) is 23.2 Å². The van der Waals surface area contributed by atoms with Crippen molar-refractivity contribution in [3.63, 3.8) is 0 Å². The summed E-state index contributed by atoms with van der Waals surface area (Å²) in [4.78, 5) is 48.1. The summed E-state index contributed by atoms with van der Waals surface area (Å²) in [5, 5.41) is 21.2. The molecule has 10 nitrogen and oxygen atoms in total. The Labute approximate surface area is 210 Å². The molecule has 0 saturated heterocycles. The number of carbonyl (C=O) groups is 4. The lowest BCUT2D eigenvalue weighted by atomic mass is 9.86. The van der Waals surface area contributed by atoms with Gasteiger partial charge in [-0.2, -0.15) is 0 Å². The van der Waals surface area contributed by atoms with Crippen LogP contribution in [0.15, 0.2) is 54.6 Å². The van der Waals surface area contributed by atoms with Gasteiger partial charge in [0.2, 0.25) is 5.78 Å². The van der Waals surface area contributed by atoms with Crippen LogP contribution in [0, 0.1) is 0 Å². The normalized spacial score (nSPS) is 13.8. The molecule has 188 valence electrons. The van der Waals surface area contributed by atoms with Gasteiger partial charge in [0.1, 0.15) is 11.8 Å². The van der Waals surface area contributed by atoms with Gasteiger partial charge in [0, 0.05) is 22.8 Å². The maximum Gasteiger partial charge on any atom is 0.332 e. The number of benzene rings is 2. The summed E-state index contributed by atoms with van der Waals surface area (Å²) in [6.07, 6.45) is 0. The number of amides is 1. The first kappa shape index (κ1) is 28.2. The van der Waals surface area contributed by atoms with E-state index < -0.39 is 34.9 Å². The summed E-state index contributed by atoms with van der Waals surface area (Å²) in [6.45, 7) is 2.81. The molecule has 7 N–H and O–H groups in total. The number of carboxylic acid groups (broad SMARTS) is 2. The molecule has 0 radical (unpaired) electrons. The molecular weight excluding hydrogens is 494 g/mol. The second-order valence-corrected chi connectivity index (χ2v) is 10.6. The molecule has 0 heterocycles. The Morgan fingerprint density at radius 3 is 2.14 bits per heavy atom. The summed E-state index contributed by atoms with van der Waals surface area (Å²) in [6, 6.07) is 13.8. The number of hydrogen-bond donors (Lipinski definition) is 5. The third-order valence-electron chi connectivity index (χ3n) is 4.79. The van der Waals surface area contributed by atoms with E-state index in [1.54, 1.807) is 42.5 Å². The lowest BCUT2D eigenvalue weighted by Crippen LogP contribution is -2.64. The van der Waals surface area contributed by atoms with Crippen LogP contribution in [0.2, 0.25) is 0 Å². The van der Waals surface area contributed by atoms with Crippen molar-refractivity contribution in [3.05, 3.63) is 60.2 Å². The third kappa shape index (κ3) is 7.72. The molecular formula is C23H27N3O7S2. The van der Waals surface area contributed by atoms with Gasteiger partial charge in [-0.1, -0.05) is 39.8 Å². The summed E-state index contributed by atoms with van der Waals surface area (Å²) in [7, 11) is 1.95. The molecule has 2 aromatic rings. The fraction of sp³-hybridized carbons (Fsp3) is 0.304. The SMILES string of the molecule is CC(C)(Oc1ccc(NC(=O)c2ccccc2)cc1)C(=O)C(N)(CSSCC(N)C(=O)O)C(=O)O. The van der Waals surface area contributed by atoms with Crippen molar-refractivity contribution in [2.24, 2.45) is 11.5 Å². The average molecular weight is 522 g/mol. The molecule has 35 heavy (non-hydrogen) atoms. The summed E-state index contributed by atoms with van der Waals surface area (Å²) in [5.41, 5.74) is 8.50. The number of carboxylic acids is 2. The minimum absolute atomic E-state index is 0.0109. The predicted molar refractivity (Wildman–Crippen MR) is 136 cm³/mol. The summed E-state index contributed by atoms with van der Waals surface area (Å²) >= 11 is 0. The molecule has 2 aromatic carbocycles. The molecule has 2 unspecified atom stereocenters. The smallest absolute Gasteiger partial charge is 0.332 e. The Bertz CT molecular complexity index is 1060. The lowest BCUT2D eigenvalue weighted by molar-refractivity contribution is -0.152. The molecule has 0 aliphatic carbocycles. The van der Waals surface area contributed by atoms with Crippen molar-refractivity contribution in [1.29, 1.82) is 0 Å². The van der Waals surface area contributed by atoms with Crippen LogP contribution in [0.3, 0.4) is 0 Å². The van der Waals surface area contributed by atoms with Crippen LogP contribution in [0.25, 0.3) is 0 Å². The van der Waals surface area contributed by atoms with E-state index in [1.807, 2.05) is 0 Å². The van der Waals surface area contributed by atoms with E-state index in [0.29, 0.717) is 11.3 Å². The quantitative estimate of drug-likeness (QED) is 0.148. The molecule has 0 aliphatic heterocycles. The van der Waals surface area contributed by atoms with Gasteiger partial charge in [0.15, 0.2) is 11.1 Å². The van der Waals surface area contributed by atoms with Crippen molar-refractivity contribution in [2.75, 3.05) is 16.8 Å². The Morgan fingerprint density at radius 2 is 1.60 bits per heavy atom. The third-order valence-corrected chi connectivity index (χ3v) is 7.29. The number of carbonyl (C=O) groups excluding carboxylic acids is 2. The molecule has 0 aromatic heterocycles. The van der Waals surface area contributed by atoms with Crippen LogP contribution in [-0.4, -0.2) is 62.5 Å². The van der Waals surface area contributed by atoms with Gasteiger partial charge in [-0.3, -0.25) is 14.4 Å². The van der Waals surface area contributed by atoms with Crippen LogP contribution < -0.4 is 21.5 Å². The highest BCUT2D eigenvalue weighted by Gasteiger charge is 2.50. The predicted octanol–water partition coefficient (Wildman–Crippen LogP) is 2.24. The van der Waals surface area contributed by atoms with Crippen molar-refractivity contribution in [1.82, 2.24) is 0 Å². The van der Waals surface area contributed by atoms with Gasteiger partial charge < -0.3 is 31.7 Å². The monoisotopic (exact) mass is 521 g/mol. The summed E-state index contributed by atoms with van der Waals surface area (Å²) in [5.74, 6) is -3.92. The number of ketones is 1. The second-order valence-electron chi connectivity index (χ2n) is 8.05. The van der Waals surface area contributed by atoms with E-state index in [4.69, 9.17) is 21.3 Å². The van der Waals surface area contributed by atoms with E-state index in [1.165, 1.54) is 26.0 Å². The Morgan fingerprint density at radius 1 is 1.00 bits per heavy atom. The molecule has 2 atom stereocenters.